The van der Waals surface area contributed by atoms with Gasteiger partial charge in [0.15, 0.2) is 0 Å². The summed E-state index contributed by atoms with van der Waals surface area (Å²) >= 11 is 6.73. The van der Waals surface area contributed by atoms with Crippen LogP contribution in [0.1, 0.15) is 189 Å². The molecule has 0 spiro atoms. The van der Waals surface area contributed by atoms with Crippen LogP contribution in [0, 0.1) is 11.8 Å². The number of aryl methyl sites for hydroxylation is 2. The maximum atomic E-state index is 15.0. The maximum Gasteiger partial charge on any atom is 0.433 e. The van der Waals surface area contributed by atoms with Crippen molar-refractivity contribution in [1.29, 1.82) is 0 Å². The number of nitrogens with zero attached hydrogens (tertiary/aromatic N) is 14. The monoisotopic (exact) mass is 1670 g/mol. The van der Waals surface area contributed by atoms with Gasteiger partial charge in [-0.2, -0.15) is 36.5 Å². The fourth-order valence-electron chi connectivity index (χ4n) is 20.4. The molecule has 35 heteroatoms. The number of ether oxygens (including phenoxy) is 2. The molecular formula is C85H91ClF6N18O10. The molecule has 5 atom stereocenters. The number of aromatic nitrogens is 10. The summed E-state index contributed by atoms with van der Waals surface area (Å²) in [5, 5.41) is 22.2. The minimum Gasteiger partial charge on any atom is -0.494 e. The maximum absolute atomic E-state index is 15.0. The number of anilines is 4. The van der Waals surface area contributed by atoms with Crippen molar-refractivity contribution in [3.8, 4) is 5.75 Å². The van der Waals surface area contributed by atoms with E-state index in [9.17, 15) is 64.7 Å². The number of fused-ring (bicyclic) bond motifs is 6. The Morgan fingerprint density at radius 3 is 1.83 bits per heavy atom. The van der Waals surface area contributed by atoms with E-state index in [1.807, 2.05) is 44.9 Å². The number of halogens is 7. The van der Waals surface area contributed by atoms with E-state index < -0.39 is 89.1 Å². The highest BCUT2D eigenvalue weighted by atomic mass is 35.5. The van der Waals surface area contributed by atoms with Crippen LogP contribution in [0.4, 0.5) is 49.1 Å². The van der Waals surface area contributed by atoms with Gasteiger partial charge < -0.3 is 39.7 Å². The van der Waals surface area contributed by atoms with E-state index in [-0.39, 0.29) is 96.1 Å². The van der Waals surface area contributed by atoms with Crippen LogP contribution in [-0.2, 0) is 50.4 Å². The third kappa shape index (κ3) is 15.1. The number of nitrogens with one attached hydrogen (secondary N) is 4. The number of hydrogen-bond acceptors (Lipinski definition) is 18. The van der Waals surface area contributed by atoms with Crippen molar-refractivity contribution in [1.82, 2.24) is 68.2 Å². The number of piperidine rings is 4. The number of rotatable bonds is 18. The van der Waals surface area contributed by atoms with E-state index >= 15 is 0 Å². The summed E-state index contributed by atoms with van der Waals surface area (Å²) in [5.74, 6) is -2.39. The molecule has 10 aromatic rings. The second-order valence-electron chi connectivity index (χ2n) is 33.8. The molecule has 6 aliphatic heterocycles. The Bertz CT molecular complexity index is 5900. The average Bonchev–Trinajstić information content (AvgIpc) is 1.59. The predicted molar refractivity (Wildman–Crippen MR) is 434 cm³/mol. The highest BCUT2D eigenvalue weighted by molar-refractivity contribution is 6.32. The van der Waals surface area contributed by atoms with E-state index in [4.69, 9.17) is 31.3 Å². The molecule has 2 bridgehead atoms. The number of hydrogen-bond donors (Lipinski definition) is 4. The number of imidazole rings is 2. The van der Waals surface area contributed by atoms with Crippen molar-refractivity contribution in [2.24, 2.45) is 25.9 Å². The van der Waals surface area contributed by atoms with Crippen LogP contribution < -0.4 is 47.2 Å². The number of benzene rings is 4. The van der Waals surface area contributed by atoms with Gasteiger partial charge in [0.05, 0.1) is 87.2 Å². The number of methoxy groups -OCH3 is 1. The van der Waals surface area contributed by atoms with Crippen molar-refractivity contribution >= 4 is 114 Å². The molecule has 6 saturated heterocycles. The number of imide groups is 2. The molecule has 0 radical (unpaired) electrons. The van der Waals surface area contributed by atoms with Gasteiger partial charge in [-0.05, 0) is 194 Å². The number of pyridine rings is 2. The lowest BCUT2D eigenvalue weighted by molar-refractivity contribution is -0.142. The zero-order valence-electron chi connectivity index (χ0n) is 66.5. The molecule has 6 aromatic heterocycles. The Labute approximate surface area is 688 Å². The second kappa shape index (κ2) is 31.6. The number of carbonyl (C=O) groups excluding carboxylic acids is 6. The number of likely N-dealkylation sites (tertiary alicyclic amines) is 1. The minimum absolute atomic E-state index is 0.00317. The van der Waals surface area contributed by atoms with Gasteiger partial charge in [-0.1, -0.05) is 35.9 Å². The summed E-state index contributed by atoms with van der Waals surface area (Å²) in [7, 11) is 7.00. The Kier molecular flexibility index (Phi) is 21.1. The molecule has 28 nitrogen and oxygen atoms in total. The average molecular weight is 1670 g/mol. The van der Waals surface area contributed by atoms with Crippen molar-refractivity contribution in [2.75, 3.05) is 80.4 Å². The molecule has 12 heterocycles. The van der Waals surface area contributed by atoms with Crippen molar-refractivity contribution in [3.63, 3.8) is 0 Å². The van der Waals surface area contributed by atoms with Crippen LogP contribution in [0.25, 0.3) is 43.9 Å². The number of alkyl halides is 6. The van der Waals surface area contributed by atoms with E-state index in [0.29, 0.717) is 73.4 Å². The number of para-hydroxylation sites is 1. The molecule has 4 N–H and O–H groups in total. The molecule has 18 rings (SSSR count). The molecule has 630 valence electrons. The van der Waals surface area contributed by atoms with Crippen molar-refractivity contribution in [3.05, 3.63) is 157 Å². The quantitative estimate of drug-likeness (QED) is 0.0458. The molecule has 120 heavy (non-hydrogen) atoms. The molecule has 8 fully saturated rings. The normalized spacial score (nSPS) is 23.8. The predicted octanol–water partition coefficient (Wildman–Crippen LogP) is 12.3. The lowest BCUT2D eigenvalue weighted by Crippen LogP contribution is -2.45. The van der Waals surface area contributed by atoms with Crippen LogP contribution >= 0.6 is 11.6 Å². The lowest BCUT2D eigenvalue weighted by atomic mass is 9.84. The molecule has 2 saturated carbocycles. The smallest absolute Gasteiger partial charge is 0.433 e. The third-order valence-corrected chi connectivity index (χ3v) is 26.7. The summed E-state index contributed by atoms with van der Waals surface area (Å²) in [4.78, 5) is 123. The van der Waals surface area contributed by atoms with E-state index in [2.05, 4.69) is 59.0 Å². The van der Waals surface area contributed by atoms with Crippen LogP contribution in [0.2, 0.25) is 5.02 Å². The molecule has 4 aromatic carbocycles. The number of morpholine rings is 1. The van der Waals surface area contributed by atoms with Gasteiger partial charge >= 0.3 is 23.7 Å². The van der Waals surface area contributed by atoms with Gasteiger partial charge in [-0.25, -0.2) is 19.6 Å². The van der Waals surface area contributed by atoms with E-state index in [0.717, 1.165) is 151 Å². The first-order valence-electron chi connectivity index (χ1n) is 41.3. The summed E-state index contributed by atoms with van der Waals surface area (Å²) in [6, 6.07) is 19.4. The summed E-state index contributed by atoms with van der Waals surface area (Å²) in [5.41, 5.74) is 2.22. The molecule has 8 aliphatic rings. The third-order valence-electron chi connectivity index (χ3n) is 26.5. The number of carbonyl (C=O) groups is 6. The standard InChI is InChI=1S/C85H91ClF6N18O10/c1-101(51-27-31-105(32-28-51)66-35-50(86)36-67-76(66)103(3)83(118)110(67)64-21-24-73(112)98-80(64)115)40-45-11-15-52(16-12-45)108-43-49-34-61(69(119-4)39-59(49)100-108)95-81(116)74-56(19-22-71(96-74)85(90,91)92)77-68-37-54(120-77)44-106(68)65-38-58-48(33-60(65)94-78(113)57-8-6-10-70(93-57)84(87,88)89)42-107(99-58)53-17-13-46(14-18-53)41-104-29-25-47(26-30-104)55-7-5-9-62-75(55)102(2)82(117)109(62)63-20-23-72(111)97-79(63)114/h5-10,19,22,33-36,38-39,42-43,45-47,51-54,63-64,68,77H,11-18,20-21,23-32,37,40-41,44H2,1-4H3,(H,94,113)(H,95,116)(H,97,111,114)(H,98,112,115)/t45?,46?,52?,53?,54-,63?,64?,68-,77?/m0/s1. The first kappa shape index (κ1) is 80.1. The first-order chi connectivity index (χ1) is 57.5. The van der Waals surface area contributed by atoms with Crippen LogP contribution in [0.3, 0.4) is 0 Å². The van der Waals surface area contributed by atoms with Gasteiger partial charge in [-0.3, -0.25) is 67.0 Å². The Hall–Kier alpha value is -11.0. The fraction of sp³-hybridized carbons (Fsp3) is 0.482. The van der Waals surface area contributed by atoms with Crippen LogP contribution in [0.15, 0.2) is 107 Å². The van der Waals surface area contributed by atoms with E-state index in [1.165, 1.54) is 28.4 Å². The molecule has 6 amide bonds. The Morgan fingerprint density at radius 1 is 0.617 bits per heavy atom. The van der Waals surface area contributed by atoms with Crippen molar-refractivity contribution in [2.45, 2.75) is 176 Å². The molecule has 2 aliphatic carbocycles. The van der Waals surface area contributed by atoms with Crippen LogP contribution in [-0.4, -0.2) is 171 Å². The van der Waals surface area contributed by atoms with Crippen molar-refractivity contribution < 1.29 is 64.6 Å². The zero-order chi connectivity index (χ0) is 83.6. The Morgan fingerprint density at radius 2 is 1.21 bits per heavy atom. The largest absolute Gasteiger partial charge is 0.494 e. The summed E-state index contributed by atoms with van der Waals surface area (Å²) < 4.78 is 109. The minimum atomic E-state index is -4.97. The van der Waals surface area contributed by atoms with Crippen LogP contribution in [0.5, 0.6) is 5.75 Å². The first-order valence-corrected chi connectivity index (χ1v) is 41.7. The SMILES string of the molecule is COc1cc2nn(C3CCC(CN(C)C4CCN(c5cc(Cl)cc6c5n(C)c(=O)n6C5CCC(=O)NC5=O)CC4)CC3)cc2cc1NC(=O)c1nc(C(F)(F)F)ccc1C1O[C@H]2C[C@@H]1N(c1cc3nn(C4CCC(CN5CCC(c6cccc7c6n(C)c(=O)n7C6CCC(=O)NC6=O)CC5)CC4)cc3cc1NC(=O)c1cccc(C(F)(F)F)n1)C2. The molecular weight excluding hydrogens is 1580 g/mol. The zero-order valence-corrected chi connectivity index (χ0v) is 67.3. The van der Waals surface area contributed by atoms with Gasteiger partial charge in [-0.15, -0.1) is 0 Å². The number of amides is 6. The highest BCUT2D eigenvalue weighted by Crippen LogP contribution is 2.50. The second-order valence-corrected chi connectivity index (χ2v) is 34.2. The molecule has 3 unspecified atom stereocenters. The topological polar surface area (TPSA) is 297 Å². The summed E-state index contributed by atoms with van der Waals surface area (Å²) in [6.45, 7) is 5.19. The lowest BCUT2D eigenvalue weighted by Gasteiger charge is -2.40. The Balaban J connectivity index is 0.538. The van der Waals surface area contributed by atoms with E-state index in [1.54, 1.807) is 53.6 Å². The fourth-order valence-corrected chi connectivity index (χ4v) is 20.6. The summed E-state index contributed by atoms with van der Waals surface area (Å²) in [6.07, 6.45) is 4.01. The van der Waals surface area contributed by atoms with Gasteiger partial charge in [0.25, 0.3) is 11.8 Å². The van der Waals surface area contributed by atoms with Gasteiger partial charge in [0, 0.05) is 106 Å². The van der Waals surface area contributed by atoms with Gasteiger partial charge in [0.2, 0.25) is 23.6 Å². The van der Waals surface area contributed by atoms with Gasteiger partial charge in [0.1, 0.15) is 46.7 Å². The highest BCUT2D eigenvalue weighted by Gasteiger charge is 2.50.